The lowest BCUT2D eigenvalue weighted by atomic mass is 9.94. The Morgan fingerprint density at radius 3 is 1.72 bits per heavy atom. The molecule has 226 valence electrons. The Labute approximate surface area is 256 Å². The van der Waals surface area contributed by atoms with Gasteiger partial charge in [0.15, 0.2) is 0 Å². The minimum atomic E-state index is 0.761. The number of hydrogen-bond acceptors (Lipinski definition) is 3. The molecular weight excluding hydrogens is 530 g/mol. The van der Waals surface area contributed by atoms with Crippen molar-refractivity contribution >= 4 is 57.5 Å². The van der Waals surface area contributed by atoms with E-state index in [1.165, 1.54) is 55.6 Å². The fraction of sp³-hybridized carbons (Fsp3) is 0.432. The zero-order valence-electron chi connectivity index (χ0n) is 27.3. The number of allylic oxidation sites excluding steroid dienone is 2. The second-order valence-electron chi connectivity index (χ2n) is 11.3. The van der Waals surface area contributed by atoms with E-state index >= 15 is 0 Å². The molecular formula is C37H47N5O. The second kappa shape index (κ2) is 12.7. The van der Waals surface area contributed by atoms with Crippen molar-refractivity contribution in [3.63, 3.8) is 0 Å². The van der Waals surface area contributed by atoms with E-state index in [1.807, 2.05) is 0 Å². The number of hydrogen-bond donors (Lipinski definition) is 3. The first-order chi connectivity index (χ1) is 20.9. The second-order valence-corrected chi connectivity index (χ2v) is 11.3. The molecule has 0 spiro atoms. The third-order valence-corrected chi connectivity index (χ3v) is 9.30. The predicted octanol–water partition coefficient (Wildman–Crippen LogP) is 9.16. The molecule has 0 radical (unpaired) electrons. The topological polar surface area (TPSA) is 86.5 Å². The van der Waals surface area contributed by atoms with Gasteiger partial charge in [-0.3, -0.25) is 4.79 Å². The summed E-state index contributed by atoms with van der Waals surface area (Å²) < 4.78 is 0. The first-order valence-corrected chi connectivity index (χ1v) is 16.4. The number of aromatic nitrogens is 4. The number of nitrogens with one attached hydrogen (secondary N) is 3. The van der Waals surface area contributed by atoms with Gasteiger partial charge in [-0.25, -0.2) is 9.97 Å². The van der Waals surface area contributed by atoms with Crippen LogP contribution in [0.25, 0.3) is 45.4 Å². The van der Waals surface area contributed by atoms with Crippen LogP contribution in [0.5, 0.6) is 0 Å². The van der Waals surface area contributed by atoms with Crippen LogP contribution >= 0.6 is 0 Å². The van der Waals surface area contributed by atoms with E-state index in [2.05, 4.69) is 88.9 Å². The number of anilines is 1. The number of nitrogens with zero attached hydrogens (tertiary/aromatic N) is 2. The van der Waals surface area contributed by atoms with Gasteiger partial charge in [-0.05, 0) is 103 Å². The molecule has 5 heterocycles. The summed E-state index contributed by atoms with van der Waals surface area (Å²) in [5, 5.41) is 3.11. The van der Waals surface area contributed by atoms with Crippen molar-refractivity contribution in [3.05, 3.63) is 62.2 Å². The van der Waals surface area contributed by atoms with Gasteiger partial charge in [0.05, 0.1) is 34.0 Å². The number of H-pyrrole nitrogens is 2. The lowest BCUT2D eigenvalue weighted by Gasteiger charge is -2.09. The molecule has 0 saturated heterocycles. The van der Waals surface area contributed by atoms with E-state index in [4.69, 9.17) is 9.97 Å². The van der Waals surface area contributed by atoms with Crippen LogP contribution in [0.1, 0.15) is 124 Å². The highest BCUT2D eigenvalue weighted by Crippen LogP contribution is 2.42. The molecule has 0 unspecified atom stereocenters. The Morgan fingerprint density at radius 2 is 1.16 bits per heavy atom. The summed E-state index contributed by atoms with van der Waals surface area (Å²) in [5.41, 5.74) is 19.2. The fourth-order valence-electron chi connectivity index (χ4n) is 7.39. The summed E-state index contributed by atoms with van der Waals surface area (Å²) in [6, 6.07) is 2.16. The largest absolute Gasteiger partial charge is 0.354 e. The molecule has 8 bridgehead atoms. The van der Waals surface area contributed by atoms with Gasteiger partial charge >= 0.3 is 0 Å². The van der Waals surface area contributed by atoms with Crippen LogP contribution in [-0.4, -0.2) is 26.3 Å². The molecule has 0 fully saturated rings. The van der Waals surface area contributed by atoms with Crippen LogP contribution < -0.4 is 5.32 Å². The quantitative estimate of drug-likeness (QED) is 0.164. The molecule has 2 aliphatic rings. The molecule has 6 heteroatoms. The minimum Gasteiger partial charge on any atom is -0.354 e. The first-order valence-electron chi connectivity index (χ1n) is 16.4. The maximum Gasteiger partial charge on any atom is 0.211 e. The highest BCUT2D eigenvalue weighted by Gasteiger charge is 2.26. The van der Waals surface area contributed by atoms with Crippen molar-refractivity contribution < 1.29 is 4.79 Å². The number of aryl methyl sites for hydroxylation is 6. The third kappa shape index (κ3) is 4.95. The van der Waals surface area contributed by atoms with Gasteiger partial charge < -0.3 is 15.3 Å². The Balaban J connectivity index is 2.16. The molecule has 43 heavy (non-hydrogen) atoms. The van der Waals surface area contributed by atoms with Gasteiger partial charge in [-0.2, -0.15) is 0 Å². The number of carbonyl (C=O) groups is 1. The van der Waals surface area contributed by atoms with E-state index in [1.54, 1.807) is 0 Å². The minimum absolute atomic E-state index is 0.761. The molecule has 1 amide bonds. The summed E-state index contributed by atoms with van der Waals surface area (Å²) in [6.07, 6.45) is 12.1. The van der Waals surface area contributed by atoms with Crippen LogP contribution in [0.4, 0.5) is 5.69 Å². The van der Waals surface area contributed by atoms with Gasteiger partial charge in [-0.15, -0.1) is 0 Å². The maximum absolute atomic E-state index is 12.2. The number of amides is 1. The Kier molecular flexibility index (Phi) is 9.05. The van der Waals surface area contributed by atoms with Crippen LogP contribution in [0, 0.1) is 0 Å². The molecule has 3 aromatic rings. The molecule has 3 aromatic heterocycles. The Hall–Kier alpha value is -3.93. The molecule has 2 aliphatic heterocycles. The van der Waals surface area contributed by atoms with Gasteiger partial charge in [0.25, 0.3) is 0 Å². The molecule has 0 atom stereocenters. The van der Waals surface area contributed by atoms with Crippen molar-refractivity contribution in [1.82, 2.24) is 19.9 Å². The summed E-state index contributed by atoms with van der Waals surface area (Å²) >= 11 is 0. The Bertz CT molecular complexity index is 1800. The molecule has 0 aromatic carbocycles. The van der Waals surface area contributed by atoms with Gasteiger partial charge in [0.1, 0.15) is 0 Å². The molecule has 0 aliphatic carbocycles. The number of rotatable bonds is 10. The molecule has 6 nitrogen and oxygen atoms in total. The molecule has 5 rings (SSSR count). The lowest BCUT2D eigenvalue weighted by molar-refractivity contribution is -0.105. The smallest absolute Gasteiger partial charge is 0.211 e. The van der Waals surface area contributed by atoms with Gasteiger partial charge in [0.2, 0.25) is 6.41 Å². The van der Waals surface area contributed by atoms with E-state index in [0.717, 1.165) is 97.3 Å². The lowest BCUT2D eigenvalue weighted by Crippen LogP contribution is -2.00. The number of fused-ring (bicyclic) bond motifs is 8. The standard InChI is InChI=1S/C37H47N5O/c1-9-22-23(10-2)35-37(38-20-43)36-27(14-6)26(13-5)34(42-36)29(16-8)33-25(12-4)24(11-3)32(41-33)28(15-7)30-18-17-21(39-30)19-31(22)40-35/h17-20,40-41H,9-16H2,1-8H3,(H,38,43). The van der Waals surface area contributed by atoms with Crippen LogP contribution in [-0.2, 0) is 43.3 Å². The third-order valence-electron chi connectivity index (χ3n) is 9.30. The monoisotopic (exact) mass is 577 g/mol. The van der Waals surface area contributed by atoms with Crippen LogP contribution in [0.15, 0.2) is 6.07 Å². The van der Waals surface area contributed by atoms with Crippen LogP contribution in [0.3, 0.4) is 0 Å². The van der Waals surface area contributed by atoms with E-state index in [9.17, 15) is 4.79 Å². The highest BCUT2D eigenvalue weighted by atomic mass is 16.1. The van der Waals surface area contributed by atoms with Crippen molar-refractivity contribution in [3.8, 4) is 0 Å². The van der Waals surface area contributed by atoms with Crippen molar-refractivity contribution in [1.29, 1.82) is 0 Å². The van der Waals surface area contributed by atoms with Crippen LogP contribution in [0.2, 0.25) is 0 Å². The fourth-order valence-corrected chi connectivity index (χ4v) is 7.39. The first kappa shape index (κ1) is 30.5. The van der Waals surface area contributed by atoms with Gasteiger partial charge in [-0.1, -0.05) is 55.4 Å². The maximum atomic E-state index is 12.2. The van der Waals surface area contributed by atoms with Crippen molar-refractivity contribution in [2.45, 2.75) is 107 Å². The number of carbonyl (C=O) groups excluding carboxylic acids is 1. The van der Waals surface area contributed by atoms with Crippen molar-refractivity contribution in [2.75, 3.05) is 5.32 Å². The van der Waals surface area contributed by atoms with E-state index < -0.39 is 0 Å². The summed E-state index contributed by atoms with van der Waals surface area (Å²) in [4.78, 5) is 30.4. The van der Waals surface area contributed by atoms with E-state index in [-0.39, 0.29) is 0 Å². The van der Waals surface area contributed by atoms with Crippen molar-refractivity contribution in [2.24, 2.45) is 0 Å². The molecule has 3 N–H and O–H groups in total. The number of aromatic amines is 2. The van der Waals surface area contributed by atoms with Gasteiger partial charge in [0, 0.05) is 27.7 Å². The average molecular weight is 578 g/mol. The molecule has 0 saturated carbocycles. The normalized spacial score (nSPS) is 12.8. The zero-order chi connectivity index (χ0) is 30.8. The van der Waals surface area contributed by atoms with E-state index in [0.29, 0.717) is 0 Å². The highest BCUT2D eigenvalue weighted by molar-refractivity contribution is 6.02. The summed E-state index contributed by atoms with van der Waals surface area (Å²) in [5.74, 6) is 0. The zero-order valence-corrected chi connectivity index (χ0v) is 27.3. The summed E-state index contributed by atoms with van der Waals surface area (Å²) in [7, 11) is 0. The Morgan fingerprint density at radius 1 is 0.605 bits per heavy atom. The predicted molar refractivity (Wildman–Crippen MR) is 183 cm³/mol. The SMILES string of the molecule is CCC1=C(CC)c2nc1c(CC)c1[nH]c(c(CC)c3nc(cc4[nH]c(c(CC)c4CC)c2NC=O)C=C3)c(CC)c1CC. The average Bonchev–Trinajstić information content (AvgIpc) is 3.79. The summed E-state index contributed by atoms with van der Waals surface area (Å²) in [6.45, 7) is 17.8.